The molecule has 2 atom stereocenters. The Balaban J connectivity index is 2.10. The van der Waals surface area contributed by atoms with Gasteiger partial charge in [-0.15, -0.1) is 0 Å². The highest BCUT2D eigenvalue weighted by molar-refractivity contribution is 6.09. The maximum absolute atomic E-state index is 12.8. The summed E-state index contributed by atoms with van der Waals surface area (Å²) in [6, 6.07) is 4.67. The van der Waals surface area contributed by atoms with Crippen molar-refractivity contribution in [2.75, 3.05) is 6.54 Å². The van der Waals surface area contributed by atoms with E-state index in [1.54, 1.807) is 0 Å². The van der Waals surface area contributed by atoms with E-state index in [0.717, 1.165) is 17.7 Å². The molecule has 27 heavy (non-hydrogen) atoms. The van der Waals surface area contributed by atoms with Crippen LogP contribution in [0.15, 0.2) is 24.3 Å². The number of ether oxygens (including phenoxy) is 1. The topological polar surface area (TPSA) is 87.7 Å². The highest BCUT2D eigenvalue weighted by atomic mass is 19.3. The Hall–Kier alpha value is -2.71. The molecule has 1 saturated heterocycles. The Morgan fingerprint density at radius 2 is 1.93 bits per heavy atom. The van der Waals surface area contributed by atoms with E-state index in [9.17, 15) is 23.2 Å². The minimum absolute atomic E-state index is 0.0583. The zero-order chi connectivity index (χ0) is 20.2. The maximum atomic E-state index is 12.8. The van der Waals surface area contributed by atoms with Crippen LogP contribution in [0.3, 0.4) is 0 Å². The molecule has 7 nitrogen and oxygen atoms in total. The Labute approximate surface area is 156 Å². The van der Waals surface area contributed by atoms with E-state index in [4.69, 9.17) is 0 Å². The molecule has 1 fully saturated rings. The zero-order valence-corrected chi connectivity index (χ0v) is 15.4. The van der Waals surface area contributed by atoms with Gasteiger partial charge in [-0.05, 0) is 38.0 Å². The van der Waals surface area contributed by atoms with Crippen molar-refractivity contribution in [2.24, 2.45) is 0 Å². The smallest absolute Gasteiger partial charge is 0.387 e. The molecule has 9 heteroatoms. The summed E-state index contributed by atoms with van der Waals surface area (Å²) in [4.78, 5) is 37.9. The molecule has 1 heterocycles. The van der Waals surface area contributed by atoms with Gasteiger partial charge in [0.2, 0.25) is 5.91 Å². The minimum Gasteiger partial charge on any atom is -0.435 e. The van der Waals surface area contributed by atoms with Crippen LogP contribution in [-0.2, 0) is 15.1 Å². The average molecular weight is 383 g/mol. The van der Waals surface area contributed by atoms with E-state index in [1.807, 2.05) is 13.8 Å². The normalized spacial score (nSPS) is 20.6. The number of nitrogens with one attached hydrogen (secondary N) is 2. The number of nitrogens with zero attached hydrogens (tertiary/aromatic N) is 1. The molecule has 2 rings (SSSR count). The maximum Gasteiger partial charge on any atom is 0.387 e. The first kappa shape index (κ1) is 20.6. The number of urea groups is 1. The molecule has 148 valence electrons. The van der Waals surface area contributed by atoms with Crippen LogP contribution >= 0.6 is 0 Å². The van der Waals surface area contributed by atoms with Crippen LogP contribution in [0.2, 0.25) is 0 Å². The van der Waals surface area contributed by atoms with Crippen molar-refractivity contribution in [1.29, 1.82) is 0 Å². The van der Waals surface area contributed by atoms with Gasteiger partial charge in [0, 0.05) is 6.04 Å². The first-order chi connectivity index (χ1) is 12.7. The van der Waals surface area contributed by atoms with Crippen LogP contribution in [-0.4, -0.2) is 41.9 Å². The Morgan fingerprint density at radius 3 is 2.48 bits per heavy atom. The van der Waals surface area contributed by atoms with Gasteiger partial charge in [0.25, 0.3) is 5.91 Å². The lowest BCUT2D eigenvalue weighted by Crippen LogP contribution is -2.44. The fourth-order valence-electron chi connectivity index (χ4n) is 2.98. The third-order valence-electron chi connectivity index (χ3n) is 4.36. The van der Waals surface area contributed by atoms with Crippen molar-refractivity contribution < 1.29 is 27.9 Å². The highest BCUT2D eigenvalue weighted by Gasteiger charge is 2.49. The van der Waals surface area contributed by atoms with E-state index in [0.29, 0.717) is 5.56 Å². The summed E-state index contributed by atoms with van der Waals surface area (Å²) >= 11 is 0. The molecular weight excluding hydrogens is 360 g/mol. The minimum atomic E-state index is -2.96. The standard InChI is InChI=1S/C18H23F2N3O4/c1-4-5-11(2)21-14(24)10-23-15(25)18(3,22-17(23)26)12-6-8-13(9-7-12)27-16(19)20/h6-9,11,16H,4-5,10H2,1-3H3,(H,21,24)(H,22,26)/t11-,18+/m1/s1. The summed E-state index contributed by atoms with van der Waals surface area (Å²) in [5.74, 6) is -1.08. The Kier molecular flexibility index (Phi) is 6.35. The predicted molar refractivity (Wildman–Crippen MR) is 93.2 cm³/mol. The molecule has 0 radical (unpaired) electrons. The number of carbonyl (C=O) groups excluding carboxylic acids is 3. The van der Waals surface area contributed by atoms with Crippen LogP contribution < -0.4 is 15.4 Å². The average Bonchev–Trinajstić information content (AvgIpc) is 2.79. The van der Waals surface area contributed by atoms with Crippen molar-refractivity contribution in [1.82, 2.24) is 15.5 Å². The van der Waals surface area contributed by atoms with Crippen LogP contribution in [0.4, 0.5) is 13.6 Å². The second kappa shape index (κ2) is 8.32. The summed E-state index contributed by atoms with van der Waals surface area (Å²) in [6.07, 6.45) is 1.69. The van der Waals surface area contributed by atoms with Gasteiger partial charge in [-0.2, -0.15) is 8.78 Å². The first-order valence-corrected chi connectivity index (χ1v) is 8.66. The lowest BCUT2D eigenvalue weighted by Gasteiger charge is -2.22. The van der Waals surface area contributed by atoms with Gasteiger partial charge in [-0.1, -0.05) is 25.5 Å². The van der Waals surface area contributed by atoms with E-state index >= 15 is 0 Å². The molecule has 0 bridgehead atoms. The number of imide groups is 1. The van der Waals surface area contributed by atoms with E-state index in [1.165, 1.54) is 31.2 Å². The molecule has 0 unspecified atom stereocenters. The largest absolute Gasteiger partial charge is 0.435 e. The highest BCUT2D eigenvalue weighted by Crippen LogP contribution is 2.30. The molecule has 2 N–H and O–H groups in total. The van der Waals surface area contributed by atoms with Gasteiger partial charge in [0.15, 0.2) is 0 Å². The molecule has 0 spiro atoms. The fraction of sp³-hybridized carbons (Fsp3) is 0.500. The molecule has 1 aromatic carbocycles. The summed E-state index contributed by atoms with van der Waals surface area (Å²) in [7, 11) is 0. The molecule has 0 aliphatic carbocycles. The molecule has 1 aliphatic heterocycles. The van der Waals surface area contributed by atoms with E-state index in [2.05, 4.69) is 15.4 Å². The van der Waals surface area contributed by atoms with Crippen LogP contribution in [0, 0.1) is 0 Å². The molecule has 4 amide bonds. The van der Waals surface area contributed by atoms with Crippen molar-refractivity contribution in [3.05, 3.63) is 29.8 Å². The summed E-state index contributed by atoms with van der Waals surface area (Å²) in [5, 5.41) is 5.30. The molecular formula is C18H23F2N3O4. The van der Waals surface area contributed by atoms with Gasteiger partial charge in [-0.25, -0.2) is 4.79 Å². The SMILES string of the molecule is CCC[C@@H](C)NC(=O)CN1C(=O)N[C@@](C)(c2ccc(OC(F)F)cc2)C1=O. The van der Waals surface area contributed by atoms with Crippen LogP contribution in [0.1, 0.15) is 39.2 Å². The number of hydrogen-bond donors (Lipinski definition) is 2. The molecule has 0 saturated carbocycles. The molecule has 1 aliphatic rings. The Bertz CT molecular complexity index is 711. The lowest BCUT2D eigenvalue weighted by atomic mass is 9.92. The van der Waals surface area contributed by atoms with Gasteiger partial charge >= 0.3 is 12.6 Å². The second-order valence-electron chi connectivity index (χ2n) is 6.61. The number of amides is 4. The number of carbonyl (C=O) groups is 3. The third-order valence-corrected chi connectivity index (χ3v) is 4.36. The molecule has 0 aromatic heterocycles. The second-order valence-corrected chi connectivity index (χ2v) is 6.61. The molecule has 1 aromatic rings. The monoisotopic (exact) mass is 383 g/mol. The third kappa shape index (κ3) is 4.72. The van der Waals surface area contributed by atoms with Gasteiger partial charge in [-0.3, -0.25) is 14.5 Å². The predicted octanol–water partition coefficient (Wildman–Crippen LogP) is 2.36. The summed E-state index contributed by atoms with van der Waals surface area (Å²) < 4.78 is 28.8. The van der Waals surface area contributed by atoms with Crippen molar-refractivity contribution in [3.63, 3.8) is 0 Å². The number of halogens is 2. The summed E-state index contributed by atoms with van der Waals surface area (Å²) in [5.41, 5.74) is -1.000. The quantitative estimate of drug-likeness (QED) is 0.675. The van der Waals surface area contributed by atoms with E-state index < -0.39 is 30.0 Å². The Morgan fingerprint density at radius 1 is 1.30 bits per heavy atom. The number of benzene rings is 1. The lowest BCUT2D eigenvalue weighted by molar-refractivity contribution is -0.135. The fourth-order valence-corrected chi connectivity index (χ4v) is 2.98. The zero-order valence-electron chi connectivity index (χ0n) is 15.4. The number of rotatable bonds is 8. The van der Waals surface area contributed by atoms with Gasteiger partial charge < -0.3 is 15.4 Å². The number of alkyl halides is 2. The first-order valence-electron chi connectivity index (χ1n) is 8.66. The van der Waals surface area contributed by atoms with Crippen LogP contribution in [0.25, 0.3) is 0 Å². The van der Waals surface area contributed by atoms with Gasteiger partial charge in [0.05, 0.1) is 0 Å². The summed E-state index contributed by atoms with van der Waals surface area (Å²) in [6.45, 7) is 1.99. The number of hydrogen-bond acceptors (Lipinski definition) is 4. The van der Waals surface area contributed by atoms with Gasteiger partial charge in [0.1, 0.15) is 17.8 Å². The van der Waals surface area contributed by atoms with E-state index in [-0.39, 0.29) is 18.3 Å². The van der Waals surface area contributed by atoms with Crippen LogP contribution in [0.5, 0.6) is 5.75 Å². The van der Waals surface area contributed by atoms with Crippen molar-refractivity contribution in [2.45, 2.75) is 51.8 Å². The van der Waals surface area contributed by atoms with Crippen molar-refractivity contribution >= 4 is 17.8 Å². The van der Waals surface area contributed by atoms with Crippen molar-refractivity contribution in [3.8, 4) is 5.75 Å².